The van der Waals surface area contributed by atoms with Gasteiger partial charge in [-0.2, -0.15) is 0 Å². The van der Waals surface area contributed by atoms with Crippen molar-refractivity contribution in [3.05, 3.63) is 0 Å². The first-order chi connectivity index (χ1) is 14.0. The molecule has 0 atom stereocenters. The molecule has 0 fully saturated rings. The highest BCUT2D eigenvalue weighted by Gasteiger charge is 2.24. The number of hydrogen-bond donors (Lipinski definition) is 0. The minimum Gasteiger partial charge on any atom is -0.379 e. The highest BCUT2D eigenvalue weighted by Crippen LogP contribution is 2.20. The summed E-state index contributed by atoms with van der Waals surface area (Å²) in [6.45, 7) is 18.8. The van der Waals surface area contributed by atoms with Crippen LogP contribution in [0.5, 0.6) is 0 Å². The van der Waals surface area contributed by atoms with E-state index in [-0.39, 0.29) is 11.3 Å². The number of carbonyl (C=O) groups excluding carboxylic acids is 1. The molecular weight excluding hydrogens is 386 g/mol. The number of nitrogens with zero attached hydrogens (tertiary/aromatic N) is 1. The monoisotopic (exact) mass is 433 g/mol. The highest BCUT2D eigenvalue weighted by atomic mass is 16.6. The predicted molar refractivity (Wildman–Crippen MR) is 120 cm³/mol. The molecule has 0 radical (unpaired) electrons. The van der Waals surface area contributed by atoms with Crippen LogP contribution in [0.15, 0.2) is 0 Å². The lowest BCUT2D eigenvalue weighted by Crippen LogP contribution is -2.38. The van der Waals surface area contributed by atoms with E-state index in [9.17, 15) is 4.79 Å². The summed E-state index contributed by atoms with van der Waals surface area (Å²) in [7, 11) is 1.80. The fraction of sp³-hybridized carbons (Fsp3) is 0.957. The van der Waals surface area contributed by atoms with Crippen LogP contribution in [0.1, 0.15) is 54.4 Å². The molecule has 0 unspecified atom stereocenters. The van der Waals surface area contributed by atoms with Crippen molar-refractivity contribution < 1.29 is 28.5 Å². The molecule has 7 heteroatoms. The van der Waals surface area contributed by atoms with Crippen LogP contribution in [0.25, 0.3) is 0 Å². The molecule has 0 spiro atoms. The molecule has 0 rings (SSSR count). The van der Waals surface area contributed by atoms with E-state index < -0.39 is 0 Å². The molecule has 180 valence electrons. The lowest BCUT2D eigenvalue weighted by Gasteiger charge is -2.25. The maximum atomic E-state index is 12.0. The van der Waals surface area contributed by atoms with Gasteiger partial charge >= 0.3 is 0 Å². The molecule has 1 amide bonds. The van der Waals surface area contributed by atoms with Gasteiger partial charge in [-0.05, 0) is 18.3 Å². The zero-order valence-electron chi connectivity index (χ0n) is 20.6. The molecule has 0 saturated heterocycles. The zero-order valence-corrected chi connectivity index (χ0v) is 20.6. The zero-order chi connectivity index (χ0) is 22.9. The predicted octanol–water partition coefficient (Wildman–Crippen LogP) is 3.40. The Morgan fingerprint density at radius 3 is 1.37 bits per heavy atom. The Kier molecular flexibility index (Phi) is 16.5. The molecule has 0 N–H and O–H groups in total. The SMILES string of the molecule is CN(CCOCCOCCOCCOCCOCCCC(C)(C)C)C(=O)C(C)(C)C. The second kappa shape index (κ2) is 16.9. The van der Waals surface area contributed by atoms with Gasteiger partial charge in [0.25, 0.3) is 0 Å². The van der Waals surface area contributed by atoms with Crippen LogP contribution in [0.2, 0.25) is 0 Å². The van der Waals surface area contributed by atoms with E-state index in [0.717, 1.165) is 13.0 Å². The third kappa shape index (κ3) is 19.2. The number of likely N-dealkylation sites (N-methyl/N-ethyl adjacent to an activating group) is 1. The van der Waals surface area contributed by atoms with Gasteiger partial charge in [-0.3, -0.25) is 4.79 Å². The van der Waals surface area contributed by atoms with Crippen LogP contribution in [0, 0.1) is 10.8 Å². The number of carbonyl (C=O) groups is 1. The van der Waals surface area contributed by atoms with E-state index in [1.807, 2.05) is 20.8 Å². The summed E-state index contributed by atoms with van der Waals surface area (Å²) >= 11 is 0. The van der Waals surface area contributed by atoms with Gasteiger partial charge < -0.3 is 28.6 Å². The first-order valence-corrected chi connectivity index (χ1v) is 11.2. The third-order valence-electron chi connectivity index (χ3n) is 4.26. The molecule has 0 aromatic heterocycles. The fourth-order valence-corrected chi connectivity index (χ4v) is 2.56. The largest absolute Gasteiger partial charge is 0.379 e. The molecule has 0 aliphatic rings. The Hall–Kier alpha value is -0.730. The van der Waals surface area contributed by atoms with Gasteiger partial charge in [-0.25, -0.2) is 0 Å². The maximum Gasteiger partial charge on any atom is 0.227 e. The Bertz CT molecular complexity index is 417. The Labute approximate surface area is 184 Å². The summed E-state index contributed by atoms with van der Waals surface area (Å²) in [6.07, 6.45) is 2.26. The summed E-state index contributed by atoms with van der Waals surface area (Å²) in [5, 5.41) is 0. The van der Waals surface area contributed by atoms with Gasteiger partial charge in [0, 0.05) is 25.6 Å². The van der Waals surface area contributed by atoms with E-state index in [1.54, 1.807) is 11.9 Å². The Balaban J connectivity index is 3.24. The van der Waals surface area contributed by atoms with Crippen LogP contribution < -0.4 is 0 Å². The van der Waals surface area contributed by atoms with E-state index in [4.69, 9.17) is 23.7 Å². The minimum atomic E-state index is -0.359. The van der Waals surface area contributed by atoms with Crippen LogP contribution in [0.3, 0.4) is 0 Å². The van der Waals surface area contributed by atoms with Crippen molar-refractivity contribution in [2.24, 2.45) is 10.8 Å². The van der Waals surface area contributed by atoms with Gasteiger partial charge in [0.1, 0.15) is 0 Å². The molecule has 0 aromatic carbocycles. The van der Waals surface area contributed by atoms with Crippen molar-refractivity contribution in [3.63, 3.8) is 0 Å². The second-order valence-corrected chi connectivity index (χ2v) is 9.70. The molecule has 30 heavy (non-hydrogen) atoms. The molecule has 0 aliphatic heterocycles. The minimum absolute atomic E-state index is 0.118. The van der Waals surface area contributed by atoms with E-state index >= 15 is 0 Å². The molecule has 0 aromatic rings. The number of amides is 1. The van der Waals surface area contributed by atoms with Crippen molar-refractivity contribution in [2.75, 3.05) is 79.7 Å². The average Bonchev–Trinajstić information content (AvgIpc) is 2.64. The molecule has 0 aliphatic carbocycles. The topological polar surface area (TPSA) is 66.5 Å². The van der Waals surface area contributed by atoms with Crippen LogP contribution in [-0.2, 0) is 28.5 Å². The lowest BCUT2D eigenvalue weighted by atomic mass is 9.91. The molecule has 0 saturated carbocycles. The van der Waals surface area contributed by atoms with Crippen LogP contribution in [-0.4, -0.2) is 90.5 Å². The number of rotatable bonds is 18. The van der Waals surface area contributed by atoms with Gasteiger partial charge in [0.05, 0.1) is 59.5 Å². The first kappa shape index (κ1) is 29.3. The summed E-state index contributed by atoms with van der Waals surface area (Å²) in [6, 6.07) is 0. The van der Waals surface area contributed by atoms with Crippen molar-refractivity contribution >= 4 is 5.91 Å². The highest BCUT2D eigenvalue weighted by molar-refractivity contribution is 5.81. The van der Waals surface area contributed by atoms with Gasteiger partial charge in [0.15, 0.2) is 0 Å². The summed E-state index contributed by atoms with van der Waals surface area (Å²) in [4.78, 5) is 13.7. The fourth-order valence-electron chi connectivity index (χ4n) is 2.56. The molecule has 0 bridgehead atoms. The van der Waals surface area contributed by atoms with E-state index in [0.29, 0.717) is 71.4 Å². The summed E-state index contributed by atoms with van der Waals surface area (Å²) < 4.78 is 27.4. The number of ether oxygens (including phenoxy) is 5. The Morgan fingerprint density at radius 2 is 1.00 bits per heavy atom. The summed E-state index contributed by atoms with van der Waals surface area (Å²) in [5.41, 5.74) is 0.0150. The standard InChI is InChI=1S/C23H47NO6/c1-22(2,3)9-8-11-26-13-15-28-17-19-30-20-18-29-16-14-27-12-10-24(7)21(25)23(4,5)6/h8-20H2,1-7H3. The second-order valence-electron chi connectivity index (χ2n) is 9.70. The lowest BCUT2D eigenvalue weighted by molar-refractivity contribution is -0.138. The normalized spacial score (nSPS) is 12.4. The van der Waals surface area contributed by atoms with Crippen molar-refractivity contribution in [1.82, 2.24) is 4.90 Å². The Morgan fingerprint density at radius 1 is 0.633 bits per heavy atom. The van der Waals surface area contributed by atoms with Crippen LogP contribution in [0.4, 0.5) is 0 Å². The van der Waals surface area contributed by atoms with Crippen LogP contribution >= 0.6 is 0 Å². The van der Waals surface area contributed by atoms with E-state index in [1.165, 1.54) is 6.42 Å². The maximum absolute atomic E-state index is 12.0. The van der Waals surface area contributed by atoms with E-state index in [2.05, 4.69) is 20.8 Å². The first-order valence-electron chi connectivity index (χ1n) is 11.2. The average molecular weight is 434 g/mol. The van der Waals surface area contributed by atoms with Crippen molar-refractivity contribution in [2.45, 2.75) is 54.4 Å². The molecule has 7 nitrogen and oxygen atoms in total. The van der Waals surface area contributed by atoms with Crippen molar-refractivity contribution in [3.8, 4) is 0 Å². The van der Waals surface area contributed by atoms with Gasteiger partial charge in [0.2, 0.25) is 5.91 Å². The summed E-state index contributed by atoms with van der Waals surface area (Å²) in [5.74, 6) is 0.118. The smallest absolute Gasteiger partial charge is 0.227 e. The number of hydrogen-bond acceptors (Lipinski definition) is 6. The van der Waals surface area contributed by atoms with Crippen molar-refractivity contribution in [1.29, 1.82) is 0 Å². The molecular formula is C23H47NO6. The quantitative estimate of drug-likeness (QED) is 0.309. The molecule has 0 heterocycles. The van der Waals surface area contributed by atoms with Gasteiger partial charge in [-0.1, -0.05) is 41.5 Å². The third-order valence-corrected chi connectivity index (χ3v) is 4.26. The van der Waals surface area contributed by atoms with Gasteiger partial charge in [-0.15, -0.1) is 0 Å².